The van der Waals surface area contributed by atoms with Crippen molar-refractivity contribution in [2.24, 2.45) is 0 Å². The third-order valence-electron chi connectivity index (χ3n) is 4.39. The first-order chi connectivity index (χ1) is 13.8. The third-order valence-corrected chi connectivity index (χ3v) is 6.12. The average molecular weight is 433 g/mol. The van der Waals surface area contributed by atoms with E-state index in [1.165, 1.54) is 28.4 Å². The number of imide groups is 1. The summed E-state index contributed by atoms with van der Waals surface area (Å²) in [5.41, 5.74) is 0.576. The monoisotopic (exact) mass is 432 g/mol. The van der Waals surface area contributed by atoms with Gasteiger partial charge in [0.25, 0.3) is 11.1 Å². The van der Waals surface area contributed by atoms with Crippen LogP contribution in [0.2, 0.25) is 0 Å². The number of thioether (sulfide) groups is 1. The van der Waals surface area contributed by atoms with E-state index in [4.69, 9.17) is 0 Å². The Labute approximate surface area is 176 Å². The van der Waals surface area contributed by atoms with Gasteiger partial charge in [-0.05, 0) is 47.0 Å². The van der Waals surface area contributed by atoms with Crippen LogP contribution in [0.25, 0.3) is 6.08 Å². The lowest BCUT2D eigenvalue weighted by atomic mass is 10.1. The Kier molecular flexibility index (Phi) is 6.73. The number of phenols is 1. The molecule has 0 aliphatic carbocycles. The van der Waals surface area contributed by atoms with Gasteiger partial charge in [0.1, 0.15) is 5.75 Å². The Balaban J connectivity index is 1.53. The van der Waals surface area contributed by atoms with Gasteiger partial charge in [-0.25, -0.2) is 0 Å². The molecule has 0 bridgehead atoms. The molecule has 152 valence electrons. The van der Waals surface area contributed by atoms with Crippen LogP contribution >= 0.6 is 23.1 Å². The van der Waals surface area contributed by atoms with Gasteiger partial charge in [-0.1, -0.05) is 18.2 Å². The van der Waals surface area contributed by atoms with E-state index < -0.39 is 17.3 Å². The second-order valence-electron chi connectivity index (χ2n) is 6.48. The van der Waals surface area contributed by atoms with Crippen molar-refractivity contribution >= 4 is 46.2 Å². The van der Waals surface area contributed by atoms with Crippen LogP contribution in [-0.2, 0) is 9.59 Å². The number of aliphatic hydroxyl groups is 1. The molecule has 0 spiro atoms. The summed E-state index contributed by atoms with van der Waals surface area (Å²) in [5.74, 6) is -0.590. The molecule has 0 unspecified atom stereocenters. The maximum Gasteiger partial charge on any atom is 0.293 e. The van der Waals surface area contributed by atoms with Crippen LogP contribution in [0.15, 0.2) is 46.7 Å². The number of benzene rings is 1. The van der Waals surface area contributed by atoms with E-state index in [9.17, 15) is 24.6 Å². The van der Waals surface area contributed by atoms with Gasteiger partial charge >= 0.3 is 0 Å². The fourth-order valence-corrected chi connectivity index (χ4v) is 4.34. The smallest absolute Gasteiger partial charge is 0.293 e. The molecule has 0 saturated carbocycles. The number of aromatic hydroxyl groups is 1. The fourth-order valence-electron chi connectivity index (χ4n) is 2.76. The van der Waals surface area contributed by atoms with Crippen LogP contribution in [0.1, 0.15) is 23.0 Å². The molecule has 1 aromatic heterocycles. The zero-order chi connectivity index (χ0) is 21.0. The predicted molar refractivity (Wildman–Crippen MR) is 112 cm³/mol. The maximum absolute atomic E-state index is 12.5. The molecule has 1 saturated heterocycles. The van der Waals surface area contributed by atoms with Gasteiger partial charge in [-0.3, -0.25) is 19.3 Å². The lowest BCUT2D eigenvalue weighted by Gasteiger charge is -2.22. The van der Waals surface area contributed by atoms with Crippen LogP contribution < -0.4 is 0 Å². The zero-order valence-electron chi connectivity index (χ0n) is 15.6. The lowest BCUT2D eigenvalue weighted by molar-refractivity contribution is -0.131. The van der Waals surface area contributed by atoms with Crippen LogP contribution in [0.5, 0.6) is 5.75 Å². The summed E-state index contributed by atoms with van der Waals surface area (Å²) >= 11 is 2.34. The van der Waals surface area contributed by atoms with E-state index in [0.29, 0.717) is 10.5 Å². The molecule has 7 nitrogen and oxygen atoms in total. The summed E-state index contributed by atoms with van der Waals surface area (Å²) in [5, 5.41) is 21.0. The molecule has 2 heterocycles. The van der Waals surface area contributed by atoms with Crippen molar-refractivity contribution in [1.29, 1.82) is 0 Å². The molecule has 9 heteroatoms. The summed E-state index contributed by atoms with van der Waals surface area (Å²) in [4.78, 5) is 40.6. The first kappa shape index (κ1) is 21.1. The second kappa shape index (κ2) is 9.25. The Bertz CT molecular complexity index is 925. The molecule has 29 heavy (non-hydrogen) atoms. The second-order valence-corrected chi connectivity index (χ2v) is 8.45. The van der Waals surface area contributed by atoms with Crippen molar-refractivity contribution in [3.63, 3.8) is 0 Å². The maximum atomic E-state index is 12.5. The van der Waals surface area contributed by atoms with E-state index >= 15 is 0 Å². The normalized spacial score (nSPS) is 16.5. The fraction of sp³-hybridized carbons (Fsp3) is 0.250. The molecule has 1 atom stereocenters. The number of amides is 3. The summed E-state index contributed by atoms with van der Waals surface area (Å²) < 4.78 is 0. The highest BCUT2D eigenvalue weighted by Crippen LogP contribution is 2.33. The van der Waals surface area contributed by atoms with Crippen molar-refractivity contribution in [3.05, 3.63) is 57.1 Å². The SMILES string of the molecule is CN(C[C@H](O)c1ccc(O)cc1)C(=O)CCN1C(=O)S/C(=C\c2cccs2)C1=O. The van der Waals surface area contributed by atoms with Gasteiger partial charge in [0.15, 0.2) is 0 Å². The van der Waals surface area contributed by atoms with Crippen molar-refractivity contribution < 1.29 is 24.6 Å². The number of hydrogen-bond donors (Lipinski definition) is 2. The minimum atomic E-state index is -0.907. The van der Waals surface area contributed by atoms with E-state index in [1.54, 1.807) is 25.3 Å². The largest absolute Gasteiger partial charge is 0.508 e. The van der Waals surface area contributed by atoms with Gasteiger partial charge in [-0.15, -0.1) is 11.3 Å². The highest BCUT2D eigenvalue weighted by Gasteiger charge is 2.35. The number of thiophene rings is 1. The minimum absolute atomic E-state index is 0.00900. The number of carbonyl (C=O) groups excluding carboxylic acids is 3. The topological polar surface area (TPSA) is 98.2 Å². The molecule has 1 aromatic carbocycles. The summed E-state index contributed by atoms with van der Waals surface area (Å²) in [6.07, 6.45) is 0.746. The molecule has 3 rings (SSSR count). The van der Waals surface area contributed by atoms with E-state index in [2.05, 4.69) is 0 Å². The van der Waals surface area contributed by atoms with E-state index in [1.807, 2.05) is 17.5 Å². The van der Waals surface area contributed by atoms with Crippen molar-refractivity contribution in [3.8, 4) is 5.75 Å². The quantitative estimate of drug-likeness (QED) is 0.653. The predicted octanol–water partition coefficient (Wildman–Crippen LogP) is 3.07. The number of nitrogens with zero attached hydrogens (tertiary/aromatic N) is 2. The van der Waals surface area contributed by atoms with Gasteiger partial charge in [-0.2, -0.15) is 0 Å². The zero-order valence-corrected chi connectivity index (χ0v) is 17.3. The van der Waals surface area contributed by atoms with Crippen molar-refractivity contribution in [2.75, 3.05) is 20.1 Å². The molecule has 2 aromatic rings. The highest BCUT2D eigenvalue weighted by atomic mass is 32.2. The molecule has 1 fully saturated rings. The summed E-state index contributed by atoms with van der Waals surface area (Å²) in [6, 6.07) is 9.81. The van der Waals surface area contributed by atoms with Crippen LogP contribution in [0, 0.1) is 0 Å². The van der Waals surface area contributed by atoms with Crippen molar-refractivity contribution in [1.82, 2.24) is 9.80 Å². The Hall–Kier alpha value is -2.62. The molecule has 0 radical (unpaired) electrons. The highest BCUT2D eigenvalue weighted by molar-refractivity contribution is 8.18. The van der Waals surface area contributed by atoms with E-state index in [-0.39, 0.29) is 31.2 Å². The molecular formula is C20H20N2O5S2. The standard InChI is InChI=1S/C20H20N2O5S2/c1-21(12-16(24)13-4-6-14(23)7-5-13)18(25)8-9-22-19(26)17(29-20(22)27)11-15-3-2-10-28-15/h2-7,10-11,16,23-24H,8-9,12H2,1H3/b17-11-/t16-/m0/s1. The summed E-state index contributed by atoms with van der Waals surface area (Å²) in [6.45, 7) is 0.0503. The Morgan fingerprint density at radius 2 is 1.97 bits per heavy atom. The molecule has 2 N–H and O–H groups in total. The van der Waals surface area contributed by atoms with Gasteiger partial charge in [0.2, 0.25) is 5.91 Å². The van der Waals surface area contributed by atoms with Crippen molar-refractivity contribution in [2.45, 2.75) is 12.5 Å². The number of aliphatic hydroxyl groups excluding tert-OH is 1. The number of rotatable bonds is 7. The Morgan fingerprint density at radius 3 is 2.62 bits per heavy atom. The number of phenolic OH excluding ortho intramolecular Hbond substituents is 1. The first-order valence-corrected chi connectivity index (χ1v) is 10.5. The van der Waals surface area contributed by atoms with Gasteiger partial charge in [0, 0.05) is 24.9 Å². The number of likely N-dealkylation sites (N-methyl/N-ethyl adjacent to an activating group) is 1. The van der Waals surface area contributed by atoms with Gasteiger partial charge in [0.05, 0.1) is 17.6 Å². The molecular weight excluding hydrogens is 412 g/mol. The van der Waals surface area contributed by atoms with Crippen LogP contribution in [0.3, 0.4) is 0 Å². The number of hydrogen-bond acceptors (Lipinski definition) is 7. The molecule has 3 amide bonds. The third kappa shape index (κ3) is 5.26. The lowest BCUT2D eigenvalue weighted by Crippen LogP contribution is -2.36. The molecule has 1 aliphatic heterocycles. The van der Waals surface area contributed by atoms with Crippen LogP contribution in [0.4, 0.5) is 4.79 Å². The summed E-state index contributed by atoms with van der Waals surface area (Å²) in [7, 11) is 1.55. The van der Waals surface area contributed by atoms with Gasteiger partial charge < -0.3 is 15.1 Å². The Morgan fingerprint density at radius 1 is 1.24 bits per heavy atom. The van der Waals surface area contributed by atoms with E-state index in [0.717, 1.165) is 21.5 Å². The number of carbonyl (C=O) groups is 3. The minimum Gasteiger partial charge on any atom is -0.508 e. The molecule has 1 aliphatic rings. The van der Waals surface area contributed by atoms with Crippen LogP contribution in [-0.4, -0.2) is 57.2 Å². The first-order valence-electron chi connectivity index (χ1n) is 8.85. The average Bonchev–Trinajstić information content (AvgIpc) is 3.29.